The number of likely N-dealkylation sites (N-methyl/N-ethyl adjacent to an activating group) is 1. The molecule has 1 saturated heterocycles. The van der Waals surface area contributed by atoms with Gasteiger partial charge < -0.3 is 9.47 Å². The summed E-state index contributed by atoms with van der Waals surface area (Å²) in [6, 6.07) is 8.20. The van der Waals surface area contributed by atoms with Crippen LogP contribution in [0.1, 0.15) is 18.9 Å². The Bertz CT molecular complexity index is 382. The van der Waals surface area contributed by atoms with Crippen LogP contribution in [0.4, 0.5) is 0 Å². The third kappa shape index (κ3) is 3.12. The summed E-state index contributed by atoms with van der Waals surface area (Å²) in [5.41, 5.74) is 1.09. The van der Waals surface area contributed by atoms with Gasteiger partial charge in [0.15, 0.2) is 0 Å². The van der Waals surface area contributed by atoms with E-state index in [2.05, 4.69) is 46.9 Å². The zero-order valence-corrected chi connectivity index (χ0v) is 12.6. The zero-order chi connectivity index (χ0) is 13.0. The lowest BCUT2D eigenvalue weighted by Crippen LogP contribution is -2.50. The maximum absolute atomic E-state index is 6.04. The fourth-order valence-electron chi connectivity index (χ4n) is 2.16. The molecule has 0 aliphatic carbocycles. The van der Waals surface area contributed by atoms with Crippen molar-refractivity contribution in [3.63, 3.8) is 0 Å². The molecule has 0 saturated carbocycles. The zero-order valence-electron chi connectivity index (χ0n) is 11.0. The quantitative estimate of drug-likeness (QED) is 0.853. The minimum atomic E-state index is -0.607. The van der Waals surface area contributed by atoms with Crippen molar-refractivity contribution in [1.82, 2.24) is 4.90 Å². The highest BCUT2D eigenvalue weighted by molar-refractivity contribution is 9.10. The largest absolute Gasteiger partial charge is 0.345 e. The van der Waals surface area contributed by atoms with E-state index in [1.54, 1.807) is 0 Å². The minimum absolute atomic E-state index is 0.607. The standard InChI is InChI=1S/C14H20BrNO2/c1-3-9-17-14(11-16(2)8-10-18-14)12-4-6-13(15)7-5-12/h4-7H,3,8-11H2,1-2H3. The Morgan fingerprint density at radius 1 is 1.39 bits per heavy atom. The molecule has 3 nitrogen and oxygen atoms in total. The summed E-state index contributed by atoms with van der Waals surface area (Å²) >= 11 is 3.46. The van der Waals surface area contributed by atoms with Gasteiger partial charge in [-0.15, -0.1) is 0 Å². The first-order chi connectivity index (χ1) is 8.66. The van der Waals surface area contributed by atoms with E-state index in [4.69, 9.17) is 9.47 Å². The van der Waals surface area contributed by atoms with E-state index in [0.29, 0.717) is 13.2 Å². The highest BCUT2D eigenvalue weighted by Crippen LogP contribution is 2.31. The van der Waals surface area contributed by atoms with Gasteiger partial charge in [-0.1, -0.05) is 35.0 Å². The first-order valence-corrected chi connectivity index (χ1v) is 7.18. The molecular weight excluding hydrogens is 294 g/mol. The summed E-state index contributed by atoms with van der Waals surface area (Å²) in [6.45, 7) is 5.25. The predicted octanol–water partition coefficient (Wildman–Crippen LogP) is 2.99. The van der Waals surface area contributed by atoms with E-state index in [-0.39, 0.29) is 0 Å². The molecule has 4 heteroatoms. The normalized spacial score (nSPS) is 25.3. The molecule has 2 rings (SSSR count). The van der Waals surface area contributed by atoms with Crippen LogP contribution >= 0.6 is 15.9 Å². The maximum Gasteiger partial charge on any atom is 0.208 e. The van der Waals surface area contributed by atoms with E-state index in [9.17, 15) is 0 Å². The molecule has 1 fully saturated rings. The van der Waals surface area contributed by atoms with Gasteiger partial charge in [0.05, 0.1) is 19.8 Å². The number of hydrogen-bond acceptors (Lipinski definition) is 3. The Morgan fingerprint density at radius 2 is 2.11 bits per heavy atom. The second kappa shape index (κ2) is 6.15. The second-order valence-corrected chi connectivity index (χ2v) is 5.61. The lowest BCUT2D eigenvalue weighted by atomic mass is 10.0. The van der Waals surface area contributed by atoms with Crippen LogP contribution in [0.5, 0.6) is 0 Å². The number of halogens is 1. The summed E-state index contributed by atoms with van der Waals surface area (Å²) in [7, 11) is 2.10. The van der Waals surface area contributed by atoms with Gasteiger partial charge in [0.1, 0.15) is 0 Å². The topological polar surface area (TPSA) is 21.7 Å². The Morgan fingerprint density at radius 3 is 2.72 bits per heavy atom. The molecule has 0 radical (unpaired) electrons. The average Bonchev–Trinajstić information content (AvgIpc) is 2.37. The summed E-state index contributed by atoms with van der Waals surface area (Å²) in [4.78, 5) is 2.25. The molecule has 1 aromatic carbocycles. The summed E-state index contributed by atoms with van der Waals surface area (Å²) in [5.74, 6) is -0.607. The predicted molar refractivity (Wildman–Crippen MR) is 75.5 cm³/mol. The molecule has 0 amide bonds. The lowest BCUT2D eigenvalue weighted by Gasteiger charge is -2.41. The molecule has 18 heavy (non-hydrogen) atoms. The molecule has 1 aliphatic heterocycles. The second-order valence-electron chi connectivity index (χ2n) is 4.69. The van der Waals surface area contributed by atoms with Crippen LogP contribution in [0.2, 0.25) is 0 Å². The maximum atomic E-state index is 6.04. The van der Waals surface area contributed by atoms with Gasteiger partial charge in [-0.3, -0.25) is 4.90 Å². The van der Waals surface area contributed by atoms with E-state index in [1.807, 2.05) is 12.1 Å². The Kier molecular flexibility index (Phi) is 4.78. The molecular formula is C14H20BrNO2. The summed E-state index contributed by atoms with van der Waals surface area (Å²) in [5, 5.41) is 0. The van der Waals surface area contributed by atoms with Crippen LogP contribution < -0.4 is 0 Å². The van der Waals surface area contributed by atoms with E-state index in [1.165, 1.54) is 0 Å². The van der Waals surface area contributed by atoms with E-state index >= 15 is 0 Å². The number of rotatable bonds is 4. The molecule has 100 valence electrons. The molecule has 1 aromatic rings. The third-order valence-corrected chi connectivity index (χ3v) is 3.64. The lowest BCUT2D eigenvalue weighted by molar-refractivity contribution is -0.274. The van der Waals surface area contributed by atoms with Crippen molar-refractivity contribution >= 4 is 15.9 Å². The van der Waals surface area contributed by atoms with Crippen molar-refractivity contribution < 1.29 is 9.47 Å². The number of nitrogens with zero attached hydrogens (tertiary/aromatic N) is 1. The molecule has 1 unspecified atom stereocenters. The van der Waals surface area contributed by atoms with Gasteiger partial charge in [-0.2, -0.15) is 0 Å². The summed E-state index contributed by atoms with van der Waals surface area (Å²) in [6.07, 6.45) is 0.991. The van der Waals surface area contributed by atoms with Crippen LogP contribution in [-0.2, 0) is 15.3 Å². The Balaban J connectivity index is 2.25. The van der Waals surface area contributed by atoms with Gasteiger partial charge in [-0.05, 0) is 25.6 Å². The molecule has 0 spiro atoms. The SMILES string of the molecule is CCCOC1(c2ccc(Br)cc2)CN(C)CCO1. The van der Waals surface area contributed by atoms with Gasteiger partial charge >= 0.3 is 0 Å². The molecule has 0 bridgehead atoms. The first-order valence-electron chi connectivity index (χ1n) is 6.39. The fraction of sp³-hybridized carbons (Fsp3) is 0.571. The van der Waals surface area contributed by atoms with Crippen LogP contribution in [-0.4, -0.2) is 38.3 Å². The van der Waals surface area contributed by atoms with Gasteiger partial charge in [-0.25, -0.2) is 0 Å². The summed E-state index contributed by atoms with van der Waals surface area (Å²) < 4.78 is 13.1. The molecule has 0 aromatic heterocycles. The van der Waals surface area contributed by atoms with E-state index < -0.39 is 5.79 Å². The number of benzene rings is 1. The van der Waals surface area contributed by atoms with Gasteiger partial charge in [0, 0.05) is 16.6 Å². The van der Waals surface area contributed by atoms with Crippen molar-refractivity contribution in [2.24, 2.45) is 0 Å². The third-order valence-electron chi connectivity index (χ3n) is 3.11. The molecule has 1 aliphatic rings. The molecule has 1 atom stereocenters. The number of hydrogen-bond donors (Lipinski definition) is 0. The Labute approximate surface area is 117 Å². The van der Waals surface area contributed by atoms with Crippen molar-refractivity contribution in [3.8, 4) is 0 Å². The van der Waals surface area contributed by atoms with Crippen LogP contribution in [0, 0.1) is 0 Å². The fourth-order valence-corrected chi connectivity index (χ4v) is 2.43. The first kappa shape index (κ1) is 14.0. The van der Waals surface area contributed by atoms with Crippen molar-refractivity contribution in [2.45, 2.75) is 19.1 Å². The van der Waals surface area contributed by atoms with Crippen molar-refractivity contribution in [3.05, 3.63) is 34.3 Å². The minimum Gasteiger partial charge on any atom is -0.345 e. The highest BCUT2D eigenvalue weighted by atomic mass is 79.9. The Hall–Kier alpha value is -0.420. The van der Waals surface area contributed by atoms with Crippen molar-refractivity contribution in [2.75, 3.05) is 33.4 Å². The highest BCUT2D eigenvalue weighted by Gasteiger charge is 2.38. The molecule has 0 N–H and O–H groups in total. The number of ether oxygens (including phenoxy) is 2. The average molecular weight is 314 g/mol. The van der Waals surface area contributed by atoms with E-state index in [0.717, 1.165) is 29.5 Å². The van der Waals surface area contributed by atoms with Crippen LogP contribution in [0.3, 0.4) is 0 Å². The molecule has 1 heterocycles. The van der Waals surface area contributed by atoms with Crippen LogP contribution in [0.25, 0.3) is 0 Å². The van der Waals surface area contributed by atoms with Crippen LogP contribution in [0.15, 0.2) is 28.7 Å². The number of morpholine rings is 1. The smallest absolute Gasteiger partial charge is 0.208 e. The van der Waals surface area contributed by atoms with Gasteiger partial charge in [0.2, 0.25) is 5.79 Å². The van der Waals surface area contributed by atoms with Crippen molar-refractivity contribution in [1.29, 1.82) is 0 Å². The monoisotopic (exact) mass is 313 g/mol. The van der Waals surface area contributed by atoms with Gasteiger partial charge in [0.25, 0.3) is 0 Å².